The van der Waals surface area contributed by atoms with Gasteiger partial charge in [-0.25, -0.2) is 21.2 Å². The van der Waals surface area contributed by atoms with Crippen molar-refractivity contribution in [3.63, 3.8) is 0 Å². The van der Waals surface area contributed by atoms with Crippen molar-refractivity contribution in [3.8, 4) is 0 Å². The fourth-order valence-corrected chi connectivity index (χ4v) is 6.03. The van der Waals surface area contributed by atoms with E-state index in [-0.39, 0.29) is 22.9 Å². The molecule has 8 nitrogen and oxygen atoms in total. The van der Waals surface area contributed by atoms with Crippen molar-refractivity contribution >= 4 is 19.9 Å². The van der Waals surface area contributed by atoms with E-state index in [1.807, 2.05) is 6.92 Å². The average Bonchev–Trinajstić information content (AvgIpc) is 3.03. The number of pyridine rings is 1. The number of aryl methyl sites for hydroxylation is 1. The molecular formula is C14H17FN4O4S2. The molecule has 1 aliphatic rings. The van der Waals surface area contributed by atoms with Crippen LogP contribution in [0.5, 0.6) is 0 Å². The molecule has 0 spiro atoms. The largest absolute Gasteiger partial charge is 0.273 e. The Hall–Kier alpha value is -1.85. The normalized spacial score (nSPS) is 21.3. The molecule has 136 valence electrons. The van der Waals surface area contributed by atoms with Gasteiger partial charge in [0, 0.05) is 31.0 Å². The van der Waals surface area contributed by atoms with Crippen molar-refractivity contribution in [1.82, 2.24) is 19.1 Å². The molecule has 3 heterocycles. The summed E-state index contributed by atoms with van der Waals surface area (Å²) in [6.07, 6.45) is 5.04. The standard InChI is InChI=1S/C14H17FN4O4S2/c1-2-18-9-11(6-17-18)14-10-24(20,21)4-3-19(14)25(22,23)13-5-12(15)7-16-8-13/h5-9,14H,2-4,10H2,1H3. The number of rotatable bonds is 4. The minimum absolute atomic E-state index is 0.205. The van der Waals surface area contributed by atoms with Crippen LogP contribution in [0, 0.1) is 5.82 Å². The van der Waals surface area contributed by atoms with E-state index in [1.165, 1.54) is 6.20 Å². The summed E-state index contributed by atoms with van der Waals surface area (Å²) in [5.74, 6) is -1.40. The van der Waals surface area contributed by atoms with E-state index < -0.39 is 31.7 Å². The van der Waals surface area contributed by atoms with Gasteiger partial charge in [0.15, 0.2) is 9.84 Å². The highest BCUT2D eigenvalue weighted by Gasteiger charge is 2.40. The summed E-state index contributed by atoms with van der Waals surface area (Å²) in [6.45, 7) is 2.23. The van der Waals surface area contributed by atoms with E-state index in [9.17, 15) is 21.2 Å². The van der Waals surface area contributed by atoms with E-state index in [2.05, 4.69) is 10.1 Å². The van der Waals surface area contributed by atoms with Gasteiger partial charge in [-0.05, 0) is 13.0 Å². The van der Waals surface area contributed by atoms with E-state index in [0.29, 0.717) is 12.1 Å². The summed E-state index contributed by atoms with van der Waals surface area (Å²) in [6, 6.07) is -0.0369. The topological polar surface area (TPSA) is 102 Å². The zero-order valence-electron chi connectivity index (χ0n) is 13.4. The average molecular weight is 388 g/mol. The van der Waals surface area contributed by atoms with Gasteiger partial charge < -0.3 is 0 Å². The summed E-state index contributed by atoms with van der Waals surface area (Å²) < 4.78 is 66.0. The second-order valence-corrected chi connectivity index (χ2v) is 9.83. The highest BCUT2D eigenvalue weighted by molar-refractivity contribution is 7.92. The molecule has 1 atom stereocenters. The molecule has 3 rings (SSSR count). The van der Waals surface area contributed by atoms with Gasteiger partial charge in [-0.3, -0.25) is 9.67 Å². The lowest BCUT2D eigenvalue weighted by Crippen LogP contribution is -2.46. The minimum Gasteiger partial charge on any atom is -0.273 e. The maximum Gasteiger partial charge on any atom is 0.245 e. The maximum absolute atomic E-state index is 13.4. The van der Waals surface area contributed by atoms with Gasteiger partial charge in [-0.2, -0.15) is 9.40 Å². The molecule has 0 N–H and O–H groups in total. The van der Waals surface area contributed by atoms with Crippen LogP contribution < -0.4 is 0 Å². The molecule has 0 aliphatic carbocycles. The van der Waals surface area contributed by atoms with Crippen molar-refractivity contribution < 1.29 is 21.2 Å². The van der Waals surface area contributed by atoms with Crippen LogP contribution >= 0.6 is 0 Å². The van der Waals surface area contributed by atoms with Crippen LogP contribution in [0.3, 0.4) is 0 Å². The summed E-state index contributed by atoms with van der Waals surface area (Å²) in [5.41, 5.74) is 0.484. The second-order valence-electron chi connectivity index (χ2n) is 5.71. The Morgan fingerprint density at radius 1 is 1.32 bits per heavy atom. The minimum atomic E-state index is -4.10. The second kappa shape index (κ2) is 6.46. The Morgan fingerprint density at radius 3 is 2.72 bits per heavy atom. The quantitative estimate of drug-likeness (QED) is 0.760. The fourth-order valence-electron chi connectivity index (χ4n) is 2.74. The molecular weight excluding hydrogens is 371 g/mol. The van der Waals surface area contributed by atoms with Crippen LogP contribution in [0.25, 0.3) is 0 Å². The number of nitrogens with zero attached hydrogens (tertiary/aromatic N) is 4. The van der Waals surface area contributed by atoms with Crippen LogP contribution in [-0.4, -0.2) is 54.0 Å². The van der Waals surface area contributed by atoms with Crippen LogP contribution in [0.4, 0.5) is 4.39 Å². The van der Waals surface area contributed by atoms with Gasteiger partial charge in [0.1, 0.15) is 10.7 Å². The monoisotopic (exact) mass is 388 g/mol. The molecule has 0 saturated carbocycles. The molecule has 0 bridgehead atoms. The van der Waals surface area contributed by atoms with Gasteiger partial charge in [-0.15, -0.1) is 0 Å². The third-order valence-electron chi connectivity index (χ3n) is 4.03. The van der Waals surface area contributed by atoms with Crippen LogP contribution in [-0.2, 0) is 26.4 Å². The predicted molar refractivity (Wildman–Crippen MR) is 87.4 cm³/mol. The van der Waals surface area contributed by atoms with Gasteiger partial charge in [0.2, 0.25) is 10.0 Å². The smallest absolute Gasteiger partial charge is 0.245 e. The molecule has 1 aliphatic heterocycles. The Bertz CT molecular complexity index is 988. The first-order valence-corrected chi connectivity index (χ1v) is 10.8. The number of aromatic nitrogens is 3. The van der Waals surface area contributed by atoms with Gasteiger partial charge in [0.05, 0.1) is 29.9 Å². The fraction of sp³-hybridized carbons (Fsp3) is 0.429. The molecule has 2 aromatic heterocycles. The first kappa shape index (κ1) is 18.0. The first-order chi connectivity index (χ1) is 11.7. The van der Waals surface area contributed by atoms with Gasteiger partial charge >= 0.3 is 0 Å². The zero-order valence-corrected chi connectivity index (χ0v) is 15.0. The summed E-state index contributed by atoms with van der Waals surface area (Å²) in [5, 5.41) is 4.09. The Balaban J connectivity index is 2.05. The van der Waals surface area contributed by atoms with Crippen LogP contribution in [0.1, 0.15) is 18.5 Å². The van der Waals surface area contributed by atoms with E-state index >= 15 is 0 Å². The van der Waals surface area contributed by atoms with Crippen LogP contribution in [0.15, 0.2) is 35.7 Å². The van der Waals surface area contributed by atoms with E-state index in [4.69, 9.17) is 0 Å². The zero-order chi connectivity index (χ0) is 18.2. The van der Waals surface area contributed by atoms with Crippen molar-refractivity contribution in [1.29, 1.82) is 0 Å². The number of sulfonamides is 1. The summed E-state index contributed by atoms with van der Waals surface area (Å²) in [7, 11) is -7.49. The molecule has 1 saturated heterocycles. The van der Waals surface area contributed by atoms with Crippen molar-refractivity contribution in [3.05, 3.63) is 42.2 Å². The SMILES string of the molecule is CCn1cc(C2CS(=O)(=O)CCN2S(=O)(=O)c2cncc(F)c2)cn1. The lowest BCUT2D eigenvalue weighted by Gasteiger charge is -2.33. The highest BCUT2D eigenvalue weighted by Crippen LogP contribution is 2.32. The molecule has 25 heavy (non-hydrogen) atoms. The molecule has 2 aromatic rings. The van der Waals surface area contributed by atoms with Gasteiger partial charge in [-0.1, -0.05) is 0 Å². The first-order valence-electron chi connectivity index (χ1n) is 7.58. The predicted octanol–water partition coefficient (Wildman–Crippen LogP) is 0.597. The van der Waals surface area contributed by atoms with Crippen molar-refractivity contribution in [2.24, 2.45) is 0 Å². The third kappa shape index (κ3) is 3.58. The van der Waals surface area contributed by atoms with E-state index in [0.717, 1.165) is 22.8 Å². The molecule has 0 amide bonds. The summed E-state index contributed by atoms with van der Waals surface area (Å²) >= 11 is 0. The van der Waals surface area contributed by atoms with Crippen molar-refractivity contribution in [2.75, 3.05) is 18.1 Å². The molecule has 0 aromatic carbocycles. The Kier molecular flexibility index (Phi) is 4.64. The van der Waals surface area contributed by atoms with Crippen LogP contribution in [0.2, 0.25) is 0 Å². The summed E-state index contributed by atoms with van der Waals surface area (Å²) in [4.78, 5) is 3.27. The number of halogens is 1. The number of hydrogen-bond acceptors (Lipinski definition) is 6. The number of sulfone groups is 1. The number of hydrogen-bond donors (Lipinski definition) is 0. The lowest BCUT2D eigenvalue weighted by molar-refractivity contribution is 0.344. The maximum atomic E-state index is 13.4. The lowest BCUT2D eigenvalue weighted by atomic mass is 10.2. The van der Waals surface area contributed by atoms with E-state index in [1.54, 1.807) is 10.9 Å². The molecule has 0 radical (unpaired) electrons. The molecule has 1 unspecified atom stereocenters. The highest BCUT2D eigenvalue weighted by atomic mass is 32.2. The third-order valence-corrected chi connectivity index (χ3v) is 7.53. The van der Waals surface area contributed by atoms with Crippen molar-refractivity contribution in [2.45, 2.75) is 24.4 Å². The molecule has 11 heteroatoms. The Labute approximate surface area is 145 Å². The van der Waals surface area contributed by atoms with Gasteiger partial charge in [0.25, 0.3) is 0 Å². The Morgan fingerprint density at radius 2 is 2.08 bits per heavy atom. The molecule has 1 fully saturated rings.